The SMILES string of the molecule is CN(C)CCC1CN(C(=O)Cc2c(F)cccc2Cl)CCO1. The van der Waals surface area contributed by atoms with E-state index in [4.69, 9.17) is 16.3 Å². The van der Waals surface area contributed by atoms with Gasteiger partial charge in [0.25, 0.3) is 0 Å². The summed E-state index contributed by atoms with van der Waals surface area (Å²) in [5.74, 6) is -0.538. The molecule has 1 aromatic rings. The lowest BCUT2D eigenvalue weighted by molar-refractivity contribution is -0.138. The highest BCUT2D eigenvalue weighted by Crippen LogP contribution is 2.21. The highest BCUT2D eigenvalue weighted by atomic mass is 35.5. The summed E-state index contributed by atoms with van der Waals surface area (Å²) in [5.41, 5.74) is 0.269. The molecule has 1 saturated heterocycles. The zero-order valence-corrected chi connectivity index (χ0v) is 13.8. The van der Waals surface area contributed by atoms with E-state index >= 15 is 0 Å². The molecule has 1 unspecified atom stereocenters. The Labute approximate surface area is 135 Å². The maximum absolute atomic E-state index is 13.8. The zero-order chi connectivity index (χ0) is 16.1. The van der Waals surface area contributed by atoms with Gasteiger partial charge in [-0.1, -0.05) is 17.7 Å². The Morgan fingerprint density at radius 1 is 1.50 bits per heavy atom. The van der Waals surface area contributed by atoms with Crippen molar-refractivity contribution in [2.45, 2.75) is 18.9 Å². The van der Waals surface area contributed by atoms with Crippen LogP contribution in [0.25, 0.3) is 0 Å². The highest BCUT2D eigenvalue weighted by molar-refractivity contribution is 6.31. The lowest BCUT2D eigenvalue weighted by Crippen LogP contribution is -2.47. The summed E-state index contributed by atoms with van der Waals surface area (Å²) in [6.07, 6.45) is 0.902. The average molecular weight is 329 g/mol. The first-order valence-corrected chi connectivity index (χ1v) is 7.82. The molecule has 0 aliphatic carbocycles. The number of carbonyl (C=O) groups is 1. The van der Waals surface area contributed by atoms with Crippen molar-refractivity contribution in [1.29, 1.82) is 0 Å². The number of carbonyl (C=O) groups excluding carboxylic acids is 1. The lowest BCUT2D eigenvalue weighted by Gasteiger charge is -2.33. The summed E-state index contributed by atoms with van der Waals surface area (Å²) in [5, 5.41) is 0.297. The third-order valence-corrected chi connectivity index (χ3v) is 4.13. The molecule has 0 radical (unpaired) electrons. The fourth-order valence-electron chi connectivity index (χ4n) is 2.49. The minimum Gasteiger partial charge on any atom is -0.374 e. The Balaban J connectivity index is 1.94. The first-order chi connectivity index (χ1) is 10.5. The molecule has 1 fully saturated rings. The standard InChI is InChI=1S/C16H22ClFN2O2/c1-19(2)7-6-12-11-20(8-9-22-12)16(21)10-13-14(17)4-3-5-15(13)18/h3-5,12H,6-11H2,1-2H3. The predicted molar refractivity (Wildman–Crippen MR) is 84.6 cm³/mol. The molecule has 0 saturated carbocycles. The number of morpholine rings is 1. The number of hydrogen-bond acceptors (Lipinski definition) is 3. The van der Waals surface area contributed by atoms with Crippen molar-refractivity contribution >= 4 is 17.5 Å². The van der Waals surface area contributed by atoms with E-state index in [9.17, 15) is 9.18 Å². The Morgan fingerprint density at radius 2 is 2.27 bits per heavy atom. The van der Waals surface area contributed by atoms with Crippen LogP contribution in [-0.2, 0) is 16.0 Å². The van der Waals surface area contributed by atoms with E-state index in [0.717, 1.165) is 13.0 Å². The van der Waals surface area contributed by atoms with E-state index < -0.39 is 5.82 Å². The molecular weight excluding hydrogens is 307 g/mol. The summed E-state index contributed by atoms with van der Waals surface area (Å²) in [4.78, 5) is 16.2. The molecule has 2 rings (SSSR count). The van der Waals surface area contributed by atoms with Crippen LogP contribution in [0.2, 0.25) is 5.02 Å². The van der Waals surface area contributed by atoms with Crippen LogP contribution >= 0.6 is 11.6 Å². The molecule has 22 heavy (non-hydrogen) atoms. The molecule has 1 aliphatic heterocycles. The number of benzene rings is 1. The molecule has 6 heteroatoms. The van der Waals surface area contributed by atoms with Gasteiger partial charge in [0.2, 0.25) is 5.91 Å². The van der Waals surface area contributed by atoms with Gasteiger partial charge >= 0.3 is 0 Å². The minimum absolute atomic E-state index is 0.00803. The first-order valence-electron chi connectivity index (χ1n) is 7.44. The molecule has 122 valence electrons. The number of rotatable bonds is 5. The van der Waals surface area contributed by atoms with Gasteiger partial charge in [-0.2, -0.15) is 0 Å². The number of nitrogens with zero attached hydrogens (tertiary/aromatic N) is 2. The molecule has 4 nitrogen and oxygen atoms in total. The van der Waals surface area contributed by atoms with Gasteiger partial charge in [-0.25, -0.2) is 4.39 Å². The molecular formula is C16H22ClFN2O2. The normalized spacial score (nSPS) is 18.8. The Morgan fingerprint density at radius 3 is 2.95 bits per heavy atom. The molecule has 0 bridgehead atoms. The number of halogens is 2. The lowest BCUT2D eigenvalue weighted by atomic mass is 10.1. The van der Waals surface area contributed by atoms with Crippen LogP contribution in [0.3, 0.4) is 0 Å². The highest BCUT2D eigenvalue weighted by Gasteiger charge is 2.25. The summed E-state index contributed by atoms with van der Waals surface area (Å²) in [6, 6.07) is 4.47. The van der Waals surface area contributed by atoms with E-state index in [1.54, 1.807) is 11.0 Å². The molecule has 0 N–H and O–H groups in total. The van der Waals surface area contributed by atoms with Crippen LogP contribution in [-0.4, -0.2) is 62.1 Å². The summed E-state index contributed by atoms with van der Waals surface area (Å²) >= 11 is 5.98. The molecule has 0 spiro atoms. The van der Waals surface area contributed by atoms with E-state index in [-0.39, 0.29) is 24.0 Å². The van der Waals surface area contributed by atoms with E-state index in [2.05, 4.69) is 4.90 Å². The second kappa shape index (κ2) is 7.90. The Hall–Kier alpha value is -1.17. The van der Waals surface area contributed by atoms with Gasteiger partial charge in [-0.3, -0.25) is 4.79 Å². The fraction of sp³-hybridized carbons (Fsp3) is 0.562. The fourth-order valence-corrected chi connectivity index (χ4v) is 2.72. The smallest absolute Gasteiger partial charge is 0.227 e. The van der Waals surface area contributed by atoms with Crippen molar-refractivity contribution in [3.05, 3.63) is 34.6 Å². The second-order valence-electron chi connectivity index (χ2n) is 5.80. The Kier molecular flexibility index (Phi) is 6.17. The number of ether oxygens (including phenoxy) is 1. The van der Waals surface area contributed by atoms with Crippen molar-refractivity contribution in [1.82, 2.24) is 9.80 Å². The minimum atomic E-state index is -0.432. The molecule has 1 heterocycles. The largest absolute Gasteiger partial charge is 0.374 e. The number of hydrogen-bond donors (Lipinski definition) is 0. The predicted octanol–water partition coefficient (Wildman–Crippen LogP) is 2.20. The molecule has 1 atom stereocenters. The van der Waals surface area contributed by atoms with Crippen molar-refractivity contribution in [3.8, 4) is 0 Å². The molecule has 0 aromatic heterocycles. The van der Waals surface area contributed by atoms with Gasteiger partial charge in [0.15, 0.2) is 0 Å². The van der Waals surface area contributed by atoms with E-state index in [1.165, 1.54) is 12.1 Å². The second-order valence-corrected chi connectivity index (χ2v) is 6.21. The third-order valence-electron chi connectivity index (χ3n) is 3.78. The topological polar surface area (TPSA) is 32.8 Å². The van der Waals surface area contributed by atoms with Gasteiger partial charge in [-0.05, 0) is 32.6 Å². The molecule has 1 aromatic carbocycles. The Bertz CT molecular complexity index is 505. The summed E-state index contributed by atoms with van der Waals surface area (Å²) < 4.78 is 19.5. The van der Waals surface area contributed by atoms with E-state index in [1.807, 2.05) is 14.1 Å². The van der Waals surface area contributed by atoms with Gasteiger partial charge in [0, 0.05) is 30.2 Å². The molecule has 1 amide bonds. The van der Waals surface area contributed by atoms with Crippen molar-refractivity contribution in [2.24, 2.45) is 0 Å². The maximum atomic E-state index is 13.8. The van der Waals surface area contributed by atoms with Gasteiger partial charge in [0.1, 0.15) is 5.82 Å². The van der Waals surface area contributed by atoms with Crippen molar-refractivity contribution in [2.75, 3.05) is 40.3 Å². The first kappa shape index (κ1) is 17.2. The van der Waals surface area contributed by atoms with E-state index in [0.29, 0.717) is 24.7 Å². The molecule has 1 aliphatic rings. The number of amides is 1. The van der Waals surface area contributed by atoms with Crippen LogP contribution in [0.1, 0.15) is 12.0 Å². The van der Waals surface area contributed by atoms with Crippen LogP contribution < -0.4 is 0 Å². The third kappa shape index (κ3) is 4.66. The van der Waals surface area contributed by atoms with Gasteiger partial charge < -0.3 is 14.5 Å². The van der Waals surface area contributed by atoms with Crippen molar-refractivity contribution < 1.29 is 13.9 Å². The van der Waals surface area contributed by atoms with Crippen LogP contribution in [0.15, 0.2) is 18.2 Å². The maximum Gasteiger partial charge on any atom is 0.227 e. The van der Waals surface area contributed by atoms with Crippen molar-refractivity contribution in [3.63, 3.8) is 0 Å². The van der Waals surface area contributed by atoms with Crippen LogP contribution in [0.5, 0.6) is 0 Å². The summed E-state index contributed by atoms with van der Waals surface area (Å²) in [7, 11) is 4.01. The summed E-state index contributed by atoms with van der Waals surface area (Å²) in [6.45, 7) is 2.53. The monoisotopic (exact) mass is 328 g/mol. The zero-order valence-electron chi connectivity index (χ0n) is 13.0. The average Bonchev–Trinajstić information content (AvgIpc) is 2.49. The van der Waals surface area contributed by atoms with Gasteiger partial charge in [-0.15, -0.1) is 0 Å². The van der Waals surface area contributed by atoms with Crippen LogP contribution in [0.4, 0.5) is 4.39 Å². The van der Waals surface area contributed by atoms with Crippen LogP contribution in [0, 0.1) is 5.82 Å². The van der Waals surface area contributed by atoms with Gasteiger partial charge in [0.05, 0.1) is 19.1 Å². The quantitative estimate of drug-likeness (QED) is 0.830.